The molecule has 0 saturated heterocycles. The molecule has 1 atom stereocenters. The molecule has 0 aromatic heterocycles. The third-order valence-corrected chi connectivity index (χ3v) is 3.01. The second-order valence-corrected chi connectivity index (χ2v) is 5.92. The Balaban J connectivity index is 4.39. The predicted molar refractivity (Wildman–Crippen MR) is 84.8 cm³/mol. The van der Waals surface area contributed by atoms with Crippen LogP contribution in [0.2, 0.25) is 0 Å². The van der Waals surface area contributed by atoms with E-state index in [1.54, 1.807) is 13.8 Å². The predicted octanol–water partition coefficient (Wildman–Crippen LogP) is -0.325. The van der Waals surface area contributed by atoms with Gasteiger partial charge in [-0.3, -0.25) is 19.2 Å². The number of carboxylic acid groups (broad SMARTS) is 1. The van der Waals surface area contributed by atoms with Gasteiger partial charge < -0.3 is 21.1 Å². The summed E-state index contributed by atoms with van der Waals surface area (Å²) in [5.41, 5.74) is 0. The summed E-state index contributed by atoms with van der Waals surface area (Å²) in [6.45, 7) is 6.99. The van der Waals surface area contributed by atoms with E-state index in [1.165, 1.54) is 0 Å². The summed E-state index contributed by atoms with van der Waals surface area (Å²) >= 11 is 0. The highest BCUT2D eigenvalue weighted by atomic mass is 16.4. The molecule has 0 aromatic carbocycles. The SMILES string of the molecule is CC(C)NCC(=O)NCC(=O)NC(CCC(=O)O)C(=O)C(C)C. The van der Waals surface area contributed by atoms with Crippen molar-refractivity contribution in [1.29, 1.82) is 0 Å². The van der Waals surface area contributed by atoms with Gasteiger partial charge in [-0.2, -0.15) is 0 Å². The molecule has 0 heterocycles. The molecule has 8 heteroatoms. The van der Waals surface area contributed by atoms with Gasteiger partial charge >= 0.3 is 5.97 Å². The Morgan fingerprint density at radius 2 is 1.57 bits per heavy atom. The Hall–Kier alpha value is -1.96. The number of Topliss-reactive ketones (excluding diaryl/α,β-unsaturated/α-hetero) is 1. The van der Waals surface area contributed by atoms with Gasteiger partial charge in [0.05, 0.1) is 19.1 Å². The van der Waals surface area contributed by atoms with Gasteiger partial charge in [-0.25, -0.2) is 0 Å². The monoisotopic (exact) mass is 329 g/mol. The smallest absolute Gasteiger partial charge is 0.303 e. The maximum atomic E-state index is 12.0. The molecule has 0 saturated carbocycles. The number of hydrogen-bond acceptors (Lipinski definition) is 5. The van der Waals surface area contributed by atoms with E-state index in [1.807, 2.05) is 13.8 Å². The van der Waals surface area contributed by atoms with E-state index in [4.69, 9.17) is 5.11 Å². The summed E-state index contributed by atoms with van der Waals surface area (Å²) in [5.74, 6) is -2.43. The third-order valence-electron chi connectivity index (χ3n) is 3.01. The minimum absolute atomic E-state index is 0.0287. The van der Waals surface area contributed by atoms with Gasteiger partial charge in [0.25, 0.3) is 0 Å². The summed E-state index contributed by atoms with van der Waals surface area (Å²) in [6, 6.07) is -0.706. The summed E-state index contributed by atoms with van der Waals surface area (Å²) < 4.78 is 0. The first-order chi connectivity index (χ1) is 10.6. The van der Waals surface area contributed by atoms with Gasteiger partial charge in [0.15, 0.2) is 5.78 Å². The molecule has 0 bridgehead atoms. The number of rotatable bonds is 11. The molecule has 0 aliphatic heterocycles. The Morgan fingerprint density at radius 3 is 2.04 bits per heavy atom. The van der Waals surface area contributed by atoms with Crippen LogP contribution in [0.5, 0.6) is 0 Å². The molecule has 8 nitrogen and oxygen atoms in total. The molecule has 0 spiro atoms. The van der Waals surface area contributed by atoms with Crippen LogP contribution >= 0.6 is 0 Å². The topological polar surface area (TPSA) is 125 Å². The van der Waals surface area contributed by atoms with Crippen LogP contribution in [0, 0.1) is 5.92 Å². The first-order valence-corrected chi connectivity index (χ1v) is 7.68. The molecule has 132 valence electrons. The summed E-state index contributed by atoms with van der Waals surface area (Å²) in [5, 5.41) is 16.5. The zero-order valence-electron chi connectivity index (χ0n) is 14.1. The van der Waals surface area contributed by atoms with Gasteiger partial charge in [0, 0.05) is 18.4 Å². The molecular weight excluding hydrogens is 302 g/mol. The molecule has 0 aliphatic rings. The van der Waals surface area contributed by atoms with Crippen molar-refractivity contribution in [2.24, 2.45) is 5.92 Å². The van der Waals surface area contributed by atoms with Gasteiger partial charge in [0.1, 0.15) is 0 Å². The van der Waals surface area contributed by atoms with Gasteiger partial charge in [-0.1, -0.05) is 27.7 Å². The number of amides is 2. The molecule has 23 heavy (non-hydrogen) atoms. The molecule has 0 fully saturated rings. The fraction of sp³-hybridized carbons (Fsp3) is 0.733. The summed E-state index contributed by atoms with van der Waals surface area (Å²) in [7, 11) is 0. The number of nitrogens with one attached hydrogen (secondary N) is 3. The second-order valence-electron chi connectivity index (χ2n) is 5.92. The minimum Gasteiger partial charge on any atom is -0.481 e. The number of ketones is 1. The maximum Gasteiger partial charge on any atom is 0.303 e. The lowest BCUT2D eigenvalue weighted by Gasteiger charge is -2.19. The normalized spacial score (nSPS) is 12.1. The minimum atomic E-state index is -1.03. The lowest BCUT2D eigenvalue weighted by Crippen LogP contribution is -2.48. The Bertz CT molecular complexity index is 435. The van der Waals surface area contributed by atoms with Gasteiger partial charge in [-0.05, 0) is 6.42 Å². The number of carboxylic acids is 1. The Kier molecular flexibility index (Phi) is 9.80. The van der Waals surface area contributed by atoms with E-state index in [0.29, 0.717) is 0 Å². The Morgan fingerprint density at radius 1 is 0.957 bits per heavy atom. The van der Waals surface area contributed by atoms with Crippen LogP contribution in [0.4, 0.5) is 0 Å². The molecule has 0 radical (unpaired) electrons. The zero-order chi connectivity index (χ0) is 18.0. The highest BCUT2D eigenvalue weighted by Gasteiger charge is 2.23. The number of aliphatic carboxylic acids is 1. The highest BCUT2D eigenvalue weighted by Crippen LogP contribution is 2.06. The van der Waals surface area contributed by atoms with Crippen molar-refractivity contribution in [1.82, 2.24) is 16.0 Å². The quantitative estimate of drug-likeness (QED) is 0.412. The van der Waals surface area contributed by atoms with Crippen molar-refractivity contribution in [3.63, 3.8) is 0 Å². The second kappa shape index (κ2) is 10.7. The van der Waals surface area contributed by atoms with Gasteiger partial charge in [0.2, 0.25) is 11.8 Å². The van der Waals surface area contributed by atoms with Gasteiger partial charge in [-0.15, -0.1) is 0 Å². The lowest BCUT2D eigenvalue weighted by atomic mass is 9.98. The van der Waals surface area contributed by atoms with Crippen LogP contribution in [0.1, 0.15) is 40.5 Å². The van der Waals surface area contributed by atoms with Crippen molar-refractivity contribution >= 4 is 23.6 Å². The van der Waals surface area contributed by atoms with E-state index in [2.05, 4.69) is 16.0 Å². The van der Waals surface area contributed by atoms with Crippen LogP contribution in [0.3, 0.4) is 0 Å². The standard InChI is InChI=1S/C15H27N3O5/c1-9(2)15(23)11(5-6-14(21)22)18-13(20)8-17-12(19)7-16-10(3)4/h9-11,16H,5-8H2,1-4H3,(H,17,19)(H,18,20)(H,21,22). The van der Waals surface area contributed by atoms with E-state index in [0.717, 1.165) is 0 Å². The fourth-order valence-corrected chi connectivity index (χ4v) is 1.74. The lowest BCUT2D eigenvalue weighted by molar-refractivity contribution is -0.138. The molecule has 0 aromatic rings. The highest BCUT2D eigenvalue weighted by molar-refractivity contribution is 5.92. The largest absolute Gasteiger partial charge is 0.481 e. The number of carbonyl (C=O) groups excluding carboxylic acids is 3. The van der Waals surface area contributed by atoms with E-state index >= 15 is 0 Å². The average Bonchev–Trinajstić information content (AvgIpc) is 2.46. The summed E-state index contributed by atoms with van der Waals surface area (Å²) in [4.78, 5) is 46.0. The van der Waals surface area contributed by atoms with E-state index < -0.39 is 17.9 Å². The van der Waals surface area contributed by atoms with E-state index in [9.17, 15) is 19.2 Å². The van der Waals surface area contributed by atoms with Crippen LogP contribution in [-0.2, 0) is 19.2 Å². The summed E-state index contributed by atoms with van der Waals surface area (Å²) in [6.07, 6.45) is -0.186. The number of hydrogen-bond donors (Lipinski definition) is 4. The van der Waals surface area contributed by atoms with Crippen LogP contribution < -0.4 is 16.0 Å². The Labute approximate surface area is 136 Å². The van der Waals surface area contributed by atoms with Crippen LogP contribution in [0.15, 0.2) is 0 Å². The maximum absolute atomic E-state index is 12.0. The van der Waals surface area contributed by atoms with Crippen molar-refractivity contribution in [3.05, 3.63) is 0 Å². The first-order valence-electron chi connectivity index (χ1n) is 7.68. The van der Waals surface area contributed by atoms with Crippen LogP contribution in [-0.4, -0.2) is 53.8 Å². The third kappa shape index (κ3) is 10.4. The molecular formula is C15H27N3O5. The number of carbonyl (C=O) groups is 4. The first kappa shape index (κ1) is 21.0. The fourth-order valence-electron chi connectivity index (χ4n) is 1.74. The van der Waals surface area contributed by atoms with Crippen molar-refractivity contribution < 1.29 is 24.3 Å². The van der Waals surface area contributed by atoms with Crippen molar-refractivity contribution in [2.75, 3.05) is 13.1 Å². The van der Waals surface area contributed by atoms with Crippen LogP contribution in [0.25, 0.3) is 0 Å². The molecule has 0 aliphatic carbocycles. The molecule has 4 N–H and O–H groups in total. The zero-order valence-corrected chi connectivity index (χ0v) is 14.1. The molecule has 1 unspecified atom stereocenters. The van der Waals surface area contributed by atoms with Crippen molar-refractivity contribution in [3.8, 4) is 0 Å². The molecule has 2 amide bonds. The van der Waals surface area contributed by atoms with E-state index in [-0.39, 0.29) is 49.6 Å². The average molecular weight is 329 g/mol. The van der Waals surface area contributed by atoms with Crippen molar-refractivity contribution in [2.45, 2.75) is 52.6 Å². The molecule has 0 rings (SSSR count).